The van der Waals surface area contributed by atoms with E-state index in [1.165, 1.54) is 11.1 Å². The molecule has 1 N–H and O–H groups in total. The summed E-state index contributed by atoms with van der Waals surface area (Å²) < 4.78 is 3.03. The third kappa shape index (κ3) is 3.23. The Kier molecular flexibility index (Phi) is 4.54. The van der Waals surface area contributed by atoms with Crippen LogP contribution in [0.2, 0.25) is 0 Å². The number of aromatic amines is 1. The van der Waals surface area contributed by atoms with Crippen LogP contribution in [0.25, 0.3) is 16.6 Å². The first-order chi connectivity index (χ1) is 13.9. The second-order valence-corrected chi connectivity index (χ2v) is 7.29. The van der Waals surface area contributed by atoms with Gasteiger partial charge in [0.1, 0.15) is 0 Å². The predicted octanol–water partition coefficient (Wildman–Crippen LogP) is 3.60. The van der Waals surface area contributed by atoms with Gasteiger partial charge in [-0.1, -0.05) is 24.3 Å². The second kappa shape index (κ2) is 7.05. The Bertz CT molecular complexity index is 1390. The van der Waals surface area contributed by atoms with Crippen molar-refractivity contribution < 1.29 is 0 Å². The predicted molar refractivity (Wildman–Crippen MR) is 117 cm³/mol. The molecule has 0 fully saturated rings. The number of nitrogens with zero attached hydrogens (tertiary/aromatic N) is 3. The van der Waals surface area contributed by atoms with Gasteiger partial charge in [0, 0.05) is 22.6 Å². The maximum atomic E-state index is 12.7. The van der Waals surface area contributed by atoms with Gasteiger partial charge in [0.15, 0.2) is 0 Å². The molecule has 0 amide bonds. The molecule has 4 aromatic rings. The van der Waals surface area contributed by atoms with Crippen molar-refractivity contribution in [2.75, 3.05) is 0 Å². The summed E-state index contributed by atoms with van der Waals surface area (Å²) in [6.45, 7) is 8.18. The molecule has 0 atom stereocenters. The van der Waals surface area contributed by atoms with Crippen LogP contribution in [-0.4, -0.2) is 20.4 Å². The molecule has 0 saturated carbocycles. The Morgan fingerprint density at radius 1 is 0.966 bits per heavy atom. The van der Waals surface area contributed by atoms with Crippen LogP contribution in [0.4, 0.5) is 0 Å². The van der Waals surface area contributed by atoms with Gasteiger partial charge in [-0.3, -0.25) is 4.79 Å². The Morgan fingerprint density at radius 2 is 1.72 bits per heavy atom. The van der Waals surface area contributed by atoms with Crippen LogP contribution in [0.1, 0.15) is 28.1 Å². The highest BCUT2D eigenvalue weighted by molar-refractivity contribution is 5.82. The van der Waals surface area contributed by atoms with Crippen LogP contribution >= 0.6 is 0 Å². The molecule has 2 heterocycles. The first-order valence-electron chi connectivity index (χ1n) is 9.42. The third-order valence-electron chi connectivity index (χ3n) is 5.17. The topological polar surface area (TPSA) is 72.2 Å². The van der Waals surface area contributed by atoms with E-state index in [9.17, 15) is 9.59 Å². The number of H-pyrrole nitrogens is 1. The Morgan fingerprint density at radius 3 is 2.52 bits per heavy atom. The molecule has 146 valence electrons. The first-order valence-corrected chi connectivity index (χ1v) is 9.42. The van der Waals surface area contributed by atoms with Crippen molar-refractivity contribution >= 4 is 17.1 Å². The lowest BCUT2D eigenvalue weighted by molar-refractivity contribution is 0.771. The van der Waals surface area contributed by atoms with Crippen LogP contribution in [0.5, 0.6) is 0 Å². The van der Waals surface area contributed by atoms with E-state index in [1.54, 1.807) is 30.5 Å². The van der Waals surface area contributed by atoms with Gasteiger partial charge in [0.2, 0.25) is 0 Å². The minimum absolute atomic E-state index is 0.421. The normalized spacial score (nSPS) is 11.6. The van der Waals surface area contributed by atoms with E-state index >= 15 is 0 Å². The maximum absolute atomic E-state index is 12.7. The summed E-state index contributed by atoms with van der Waals surface area (Å²) in [6.07, 6.45) is 1.56. The molecule has 6 nitrogen and oxygen atoms in total. The van der Waals surface area contributed by atoms with Crippen LogP contribution in [0, 0.1) is 27.7 Å². The number of rotatable bonds is 3. The van der Waals surface area contributed by atoms with E-state index in [-0.39, 0.29) is 0 Å². The summed E-state index contributed by atoms with van der Waals surface area (Å²) in [5.74, 6) is 0. The summed E-state index contributed by atoms with van der Waals surface area (Å²) in [4.78, 5) is 27.7. The van der Waals surface area contributed by atoms with E-state index in [2.05, 4.69) is 46.7 Å². The van der Waals surface area contributed by atoms with Crippen molar-refractivity contribution in [2.24, 2.45) is 5.10 Å². The molecule has 2 aromatic heterocycles. The Hall–Kier alpha value is -3.67. The van der Waals surface area contributed by atoms with Crippen LogP contribution < -0.4 is 11.2 Å². The standard InChI is InChI=1S/C23H22N4O2/c1-14-9-10-15(2)21(11-14)26-16(3)12-18(17(26)4)13-24-27-22(28)19-7-5-6-8-20(19)25-23(27)29/h5-13H,1-4H3,(H,25,29). The van der Waals surface area contributed by atoms with Crippen molar-refractivity contribution in [3.05, 3.63) is 97.4 Å². The van der Waals surface area contributed by atoms with Gasteiger partial charge in [0.25, 0.3) is 5.56 Å². The number of nitrogens with one attached hydrogen (secondary N) is 1. The van der Waals surface area contributed by atoms with Crippen molar-refractivity contribution in [1.82, 2.24) is 14.2 Å². The second-order valence-electron chi connectivity index (χ2n) is 7.29. The molecule has 29 heavy (non-hydrogen) atoms. The zero-order chi connectivity index (χ0) is 20.7. The van der Waals surface area contributed by atoms with Gasteiger partial charge in [-0.05, 0) is 63.1 Å². The van der Waals surface area contributed by atoms with Gasteiger partial charge in [0.05, 0.1) is 17.1 Å². The Labute approximate surface area is 167 Å². The molecular formula is C23H22N4O2. The molecule has 0 aliphatic rings. The maximum Gasteiger partial charge on any atom is 0.349 e. The minimum Gasteiger partial charge on any atom is -0.318 e. The lowest BCUT2D eigenvalue weighted by Gasteiger charge is -2.13. The smallest absolute Gasteiger partial charge is 0.318 e. The molecule has 6 heteroatoms. The largest absolute Gasteiger partial charge is 0.349 e. The van der Waals surface area contributed by atoms with Gasteiger partial charge in [-0.25, -0.2) is 4.79 Å². The Balaban J connectivity index is 1.82. The number of aromatic nitrogens is 3. The molecule has 0 bridgehead atoms. The highest BCUT2D eigenvalue weighted by atomic mass is 16.2. The fourth-order valence-corrected chi connectivity index (χ4v) is 3.63. The van der Waals surface area contributed by atoms with E-state index in [0.29, 0.717) is 10.9 Å². The van der Waals surface area contributed by atoms with Gasteiger partial charge < -0.3 is 9.55 Å². The molecule has 0 aliphatic carbocycles. The molecule has 2 aromatic carbocycles. The third-order valence-corrected chi connectivity index (χ3v) is 5.17. The van der Waals surface area contributed by atoms with Crippen molar-refractivity contribution in [2.45, 2.75) is 27.7 Å². The van der Waals surface area contributed by atoms with Gasteiger partial charge >= 0.3 is 5.69 Å². The number of aryl methyl sites for hydroxylation is 3. The number of para-hydroxylation sites is 1. The fraction of sp³-hybridized carbons (Fsp3) is 0.174. The zero-order valence-electron chi connectivity index (χ0n) is 16.9. The molecule has 4 rings (SSSR count). The van der Waals surface area contributed by atoms with Crippen LogP contribution in [0.3, 0.4) is 0 Å². The monoisotopic (exact) mass is 386 g/mol. The molecule has 0 aliphatic heterocycles. The summed E-state index contributed by atoms with van der Waals surface area (Å²) in [7, 11) is 0. The SMILES string of the molecule is Cc1ccc(C)c(-n2c(C)cc(C=Nn3c(=O)[nH]c4ccccc4c3=O)c2C)c1. The molecular weight excluding hydrogens is 364 g/mol. The lowest BCUT2D eigenvalue weighted by atomic mass is 10.1. The van der Waals surface area contributed by atoms with Gasteiger partial charge in [-0.15, -0.1) is 4.68 Å². The van der Waals surface area contributed by atoms with E-state index in [1.807, 2.05) is 19.9 Å². The van der Waals surface area contributed by atoms with Crippen molar-refractivity contribution in [3.63, 3.8) is 0 Å². The molecule has 0 saturated heterocycles. The fourth-order valence-electron chi connectivity index (χ4n) is 3.63. The highest BCUT2D eigenvalue weighted by Gasteiger charge is 2.12. The van der Waals surface area contributed by atoms with Gasteiger partial charge in [-0.2, -0.15) is 5.10 Å². The summed E-state index contributed by atoms with van der Waals surface area (Å²) in [5, 5.41) is 4.62. The van der Waals surface area contributed by atoms with Crippen molar-refractivity contribution in [3.8, 4) is 5.69 Å². The van der Waals surface area contributed by atoms with E-state index < -0.39 is 11.2 Å². The lowest BCUT2D eigenvalue weighted by Crippen LogP contribution is -2.32. The number of hydrogen-bond donors (Lipinski definition) is 1. The average Bonchev–Trinajstić information content (AvgIpc) is 2.97. The quantitative estimate of drug-likeness (QED) is 0.547. The first kappa shape index (κ1) is 18.7. The molecule has 0 radical (unpaired) electrons. The van der Waals surface area contributed by atoms with E-state index in [4.69, 9.17) is 0 Å². The van der Waals surface area contributed by atoms with Crippen molar-refractivity contribution in [1.29, 1.82) is 0 Å². The summed E-state index contributed by atoms with van der Waals surface area (Å²) in [5.41, 5.74) is 5.86. The molecule has 0 unspecified atom stereocenters. The summed E-state index contributed by atoms with van der Waals surface area (Å²) in [6, 6.07) is 15.2. The van der Waals surface area contributed by atoms with Crippen LogP contribution in [-0.2, 0) is 0 Å². The zero-order valence-corrected chi connectivity index (χ0v) is 16.9. The average molecular weight is 386 g/mol. The summed E-state index contributed by atoms with van der Waals surface area (Å²) >= 11 is 0. The number of hydrogen-bond acceptors (Lipinski definition) is 3. The number of benzene rings is 2. The van der Waals surface area contributed by atoms with Crippen LogP contribution in [0.15, 0.2) is 63.2 Å². The molecule has 0 spiro atoms. The minimum atomic E-state index is -0.562. The highest BCUT2D eigenvalue weighted by Crippen LogP contribution is 2.23. The number of fused-ring (bicyclic) bond motifs is 1. The van der Waals surface area contributed by atoms with E-state index in [0.717, 1.165) is 27.3 Å².